The molecule has 0 spiro atoms. The topological polar surface area (TPSA) is 39.1 Å². The largest absolute Gasteiger partial charge is 0.375 e. The first-order valence-corrected chi connectivity index (χ1v) is 7.55. The molecule has 0 aliphatic carbocycles. The number of hydrogen-bond acceptors (Lipinski definition) is 3. The fourth-order valence-electron chi connectivity index (χ4n) is 2.69. The Morgan fingerprint density at radius 2 is 2.37 bits per heavy atom. The zero-order chi connectivity index (χ0) is 13.6. The van der Waals surface area contributed by atoms with E-state index >= 15 is 0 Å². The number of hydrogen-bond donors (Lipinski definition) is 1. The summed E-state index contributed by atoms with van der Waals surface area (Å²) in [6.45, 7) is 7.53. The van der Waals surface area contributed by atoms with E-state index < -0.39 is 0 Å². The lowest BCUT2D eigenvalue weighted by Gasteiger charge is -2.38. The number of ether oxygens (including phenoxy) is 1. The molecule has 4 nitrogen and oxygen atoms in total. The van der Waals surface area contributed by atoms with Crippen molar-refractivity contribution in [3.8, 4) is 0 Å². The number of nitrogens with zero attached hydrogens (tertiary/aromatic N) is 2. The van der Waals surface area contributed by atoms with E-state index in [-0.39, 0.29) is 5.60 Å². The Morgan fingerprint density at radius 1 is 1.47 bits per heavy atom. The number of unbranched alkanes of at least 4 members (excludes halogenated alkanes) is 1. The van der Waals surface area contributed by atoms with Crippen LogP contribution in [0.2, 0.25) is 0 Å². The average Bonchev–Trinajstić information content (AvgIpc) is 2.92. The van der Waals surface area contributed by atoms with Gasteiger partial charge in [-0.15, -0.1) is 0 Å². The van der Waals surface area contributed by atoms with Gasteiger partial charge >= 0.3 is 0 Å². The lowest BCUT2D eigenvalue weighted by molar-refractivity contribution is -0.0778. The molecule has 1 saturated heterocycles. The number of nitrogens with one attached hydrogen (secondary N) is 1. The predicted molar refractivity (Wildman–Crippen MR) is 77.1 cm³/mol. The molecule has 4 heteroatoms. The monoisotopic (exact) mass is 265 g/mol. The summed E-state index contributed by atoms with van der Waals surface area (Å²) in [7, 11) is 0. The summed E-state index contributed by atoms with van der Waals surface area (Å²) < 4.78 is 8.01. The summed E-state index contributed by atoms with van der Waals surface area (Å²) in [6, 6.07) is 0.631. The summed E-state index contributed by atoms with van der Waals surface area (Å²) >= 11 is 0. The molecule has 0 aromatic carbocycles. The fourth-order valence-corrected chi connectivity index (χ4v) is 2.69. The molecule has 1 aliphatic rings. The van der Waals surface area contributed by atoms with Crippen LogP contribution >= 0.6 is 0 Å². The van der Waals surface area contributed by atoms with Crippen molar-refractivity contribution >= 4 is 0 Å². The first-order valence-electron chi connectivity index (χ1n) is 7.55. The van der Waals surface area contributed by atoms with E-state index in [9.17, 15) is 0 Å². The van der Waals surface area contributed by atoms with Gasteiger partial charge in [0.1, 0.15) is 0 Å². The lowest BCUT2D eigenvalue weighted by atomic mass is 9.90. The normalized spacial score (nSPS) is 27.6. The van der Waals surface area contributed by atoms with Gasteiger partial charge < -0.3 is 14.6 Å². The van der Waals surface area contributed by atoms with Gasteiger partial charge in [-0.25, -0.2) is 4.98 Å². The van der Waals surface area contributed by atoms with Crippen molar-refractivity contribution < 1.29 is 4.74 Å². The standard InChI is InChI=1S/C15H27N3O/c1-3-15(2)12-14(6-11-19-15)17-7-4-5-9-18-10-8-16-13-18/h8,10,13-14,17H,3-7,9,11-12H2,1-2H3. The minimum Gasteiger partial charge on any atom is -0.375 e. The molecular weight excluding hydrogens is 238 g/mol. The highest BCUT2D eigenvalue weighted by molar-refractivity contribution is 4.85. The average molecular weight is 265 g/mol. The maximum Gasteiger partial charge on any atom is 0.0945 e. The van der Waals surface area contributed by atoms with Crippen molar-refractivity contribution in [2.24, 2.45) is 0 Å². The zero-order valence-electron chi connectivity index (χ0n) is 12.3. The maximum atomic E-state index is 5.87. The molecule has 2 atom stereocenters. The van der Waals surface area contributed by atoms with Crippen LogP contribution in [0.1, 0.15) is 46.0 Å². The third-order valence-electron chi connectivity index (χ3n) is 4.18. The second-order valence-electron chi connectivity index (χ2n) is 5.80. The summed E-state index contributed by atoms with van der Waals surface area (Å²) in [5.74, 6) is 0. The van der Waals surface area contributed by atoms with E-state index in [2.05, 4.69) is 28.7 Å². The van der Waals surface area contributed by atoms with Crippen LogP contribution in [0.5, 0.6) is 0 Å². The quantitative estimate of drug-likeness (QED) is 0.770. The van der Waals surface area contributed by atoms with Gasteiger partial charge in [-0.3, -0.25) is 0 Å². The molecule has 1 aromatic rings. The van der Waals surface area contributed by atoms with Crippen molar-refractivity contribution in [2.75, 3.05) is 13.2 Å². The third kappa shape index (κ3) is 4.62. The van der Waals surface area contributed by atoms with Gasteiger partial charge in [0.15, 0.2) is 0 Å². The molecule has 2 unspecified atom stereocenters. The second-order valence-corrected chi connectivity index (χ2v) is 5.80. The Kier molecular flexibility index (Phi) is 5.40. The Bertz CT molecular complexity index is 352. The van der Waals surface area contributed by atoms with Gasteiger partial charge in [-0.2, -0.15) is 0 Å². The molecule has 1 N–H and O–H groups in total. The smallest absolute Gasteiger partial charge is 0.0945 e. The Morgan fingerprint density at radius 3 is 3.11 bits per heavy atom. The van der Waals surface area contributed by atoms with Crippen LogP contribution in [0.4, 0.5) is 0 Å². The van der Waals surface area contributed by atoms with E-state index in [1.807, 2.05) is 18.7 Å². The molecule has 0 amide bonds. The highest BCUT2D eigenvalue weighted by atomic mass is 16.5. The molecule has 0 bridgehead atoms. The molecular formula is C15H27N3O. The van der Waals surface area contributed by atoms with Crippen molar-refractivity contribution in [2.45, 2.75) is 64.1 Å². The highest BCUT2D eigenvalue weighted by Crippen LogP contribution is 2.27. The van der Waals surface area contributed by atoms with Crippen LogP contribution in [0.15, 0.2) is 18.7 Å². The number of aromatic nitrogens is 2. The molecule has 19 heavy (non-hydrogen) atoms. The van der Waals surface area contributed by atoms with Crippen LogP contribution in [0, 0.1) is 0 Å². The fraction of sp³-hybridized carbons (Fsp3) is 0.800. The van der Waals surface area contributed by atoms with Crippen LogP contribution in [0.25, 0.3) is 0 Å². The minimum absolute atomic E-state index is 0.0900. The molecule has 1 fully saturated rings. The Hall–Kier alpha value is -0.870. The van der Waals surface area contributed by atoms with Gasteiger partial charge in [0.05, 0.1) is 11.9 Å². The van der Waals surface area contributed by atoms with E-state index in [1.54, 1.807) is 0 Å². The van der Waals surface area contributed by atoms with Gasteiger partial charge in [0, 0.05) is 31.6 Å². The molecule has 1 aromatic heterocycles. The van der Waals surface area contributed by atoms with Gasteiger partial charge in [-0.05, 0) is 45.6 Å². The molecule has 2 rings (SSSR count). The van der Waals surface area contributed by atoms with Crippen LogP contribution in [0.3, 0.4) is 0 Å². The molecule has 2 heterocycles. The first kappa shape index (κ1) is 14.5. The van der Waals surface area contributed by atoms with Crippen molar-refractivity contribution in [3.05, 3.63) is 18.7 Å². The maximum absolute atomic E-state index is 5.87. The van der Waals surface area contributed by atoms with E-state index in [0.717, 1.165) is 39.0 Å². The summed E-state index contributed by atoms with van der Waals surface area (Å²) in [4.78, 5) is 4.05. The Labute approximate surface area is 116 Å². The lowest BCUT2D eigenvalue weighted by Crippen LogP contribution is -2.45. The first-order chi connectivity index (χ1) is 9.22. The second kappa shape index (κ2) is 7.06. The summed E-state index contributed by atoms with van der Waals surface area (Å²) in [5, 5.41) is 3.69. The van der Waals surface area contributed by atoms with Crippen molar-refractivity contribution in [1.29, 1.82) is 0 Å². The summed E-state index contributed by atoms with van der Waals surface area (Å²) in [6.07, 6.45) is 11.6. The van der Waals surface area contributed by atoms with Gasteiger partial charge in [0.25, 0.3) is 0 Å². The number of imidazole rings is 1. The van der Waals surface area contributed by atoms with Crippen LogP contribution < -0.4 is 5.32 Å². The SMILES string of the molecule is CCC1(C)CC(NCCCCn2ccnc2)CCO1. The van der Waals surface area contributed by atoms with Gasteiger partial charge in [-0.1, -0.05) is 6.92 Å². The number of rotatable bonds is 7. The molecule has 1 aliphatic heterocycles. The number of aryl methyl sites for hydroxylation is 1. The molecule has 0 saturated carbocycles. The van der Waals surface area contributed by atoms with Crippen molar-refractivity contribution in [3.63, 3.8) is 0 Å². The van der Waals surface area contributed by atoms with Crippen LogP contribution in [-0.4, -0.2) is 34.3 Å². The van der Waals surface area contributed by atoms with Crippen LogP contribution in [-0.2, 0) is 11.3 Å². The van der Waals surface area contributed by atoms with Gasteiger partial charge in [0.2, 0.25) is 0 Å². The molecule has 108 valence electrons. The van der Waals surface area contributed by atoms with E-state index in [4.69, 9.17) is 4.74 Å². The zero-order valence-corrected chi connectivity index (χ0v) is 12.3. The highest BCUT2D eigenvalue weighted by Gasteiger charge is 2.30. The minimum atomic E-state index is 0.0900. The van der Waals surface area contributed by atoms with Crippen molar-refractivity contribution in [1.82, 2.24) is 14.9 Å². The Balaban J connectivity index is 1.58. The third-order valence-corrected chi connectivity index (χ3v) is 4.18. The van der Waals surface area contributed by atoms with E-state index in [0.29, 0.717) is 6.04 Å². The van der Waals surface area contributed by atoms with E-state index in [1.165, 1.54) is 12.8 Å². The predicted octanol–water partition coefficient (Wildman–Crippen LogP) is 2.60. The summed E-state index contributed by atoms with van der Waals surface area (Å²) in [5.41, 5.74) is 0.0900. The molecule has 0 radical (unpaired) electrons.